The van der Waals surface area contributed by atoms with E-state index in [0.717, 1.165) is 30.2 Å². The number of aromatic nitrogens is 1. The summed E-state index contributed by atoms with van der Waals surface area (Å²) in [4.78, 5) is 19.0. The van der Waals surface area contributed by atoms with Crippen LogP contribution in [0.15, 0.2) is 12.1 Å². The van der Waals surface area contributed by atoms with E-state index in [4.69, 9.17) is 0 Å². The van der Waals surface area contributed by atoms with Gasteiger partial charge in [-0.15, -0.1) is 0 Å². The minimum atomic E-state index is -0.830. The van der Waals surface area contributed by atoms with Crippen LogP contribution >= 0.6 is 0 Å². The Balaban J connectivity index is 1.93. The Hall–Kier alpha value is -1.82. The molecular weight excluding hydrogens is 304 g/mol. The molecule has 6 nitrogen and oxygen atoms in total. The lowest BCUT2D eigenvalue weighted by atomic mass is 9.98. The van der Waals surface area contributed by atoms with Crippen molar-refractivity contribution >= 4 is 11.8 Å². The third-order valence-corrected chi connectivity index (χ3v) is 4.83. The minimum absolute atomic E-state index is 0.261. The number of urea groups is 1. The normalized spacial score (nSPS) is 14.8. The number of nitrogens with zero attached hydrogens (tertiary/aromatic N) is 2. The number of anilines is 1. The molecule has 2 heterocycles. The van der Waals surface area contributed by atoms with Crippen LogP contribution in [-0.4, -0.2) is 41.4 Å². The van der Waals surface area contributed by atoms with Crippen molar-refractivity contribution in [3.8, 4) is 0 Å². The van der Waals surface area contributed by atoms with Gasteiger partial charge in [0.15, 0.2) is 0 Å². The van der Waals surface area contributed by atoms with Crippen LogP contribution < -0.4 is 15.5 Å². The number of nitrogens with one attached hydrogen (secondary N) is 2. The summed E-state index contributed by atoms with van der Waals surface area (Å²) in [7, 11) is 0. The summed E-state index contributed by atoms with van der Waals surface area (Å²) in [6.07, 6.45) is 3.61. The van der Waals surface area contributed by atoms with E-state index in [1.807, 2.05) is 32.9 Å². The number of amides is 2. The molecule has 2 amide bonds. The van der Waals surface area contributed by atoms with Gasteiger partial charge in [0.25, 0.3) is 0 Å². The van der Waals surface area contributed by atoms with E-state index in [2.05, 4.69) is 20.5 Å². The van der Waals surface area contributed by atoms with E-state index < -0.39 is 5.60 Å². The molecule has 6 heteroatoms. The first kappa shape index (κ1) is 18.5. The van der Waals surface area contributed by atoms with Crippen LogP contribution in [-0.2, 0) is 6.54 Å². The zero-order chi connectivity index (χ0) is 17.6. The highest BCUT2D eigenvalue weighted by Gasteiger charge is 2.23. The number of aryl methyl sites for hydroxylation is 1. The molecule has 1 aromatic heterocycles. The highest BCUT2D eigenvalue weighted by Crippen LogP contribution is 2.22. The lowest BCUT2D eigenvalue weighted by molar-refractivity contribution is 0.0349. The number of aliphatic hydroxyl groups is 1. The Morgan fingerprint density at radius 2 is 1.92 bits per heavy atom. The molecule has 0 unspecified atom stereocenters. The van der Waals surface area contributed by atoms with E-state index in [9.17, 15) is 9.90 Å². The lowest BCUT2D eigenvalue weighted by Crippen LogP contribution is -2.45. The summed E-state index contributed by atoms with van der Waals surface area (Å²) in [6, 6.07) is 3.75. The van der Waals surface area contributed by atoms with Gasteiger partial charge in [-0.3, -0.25) is 0 Å². The summed E-state index contributed by atoms with van der Waals surface area (Å²) in [5, 5.41) is 15.9. The van der Waals surface area contributed by atoms with Gasteiger partial charge in [0.2, 0.25) is 0 Å². The average molecular weight is 334 g/mol. The van der Waals surface area contributed by atoms with Crippen molar-refractivity contribution in [2.45, 2.75) is 58.6 Å². The van der Waals surface area contributed by atoms with E-state index >= 15 is 0 Å². The van der Waals surface area contributed by atoms with Gasteiger partial charge in [-0.1, -0.05) is 19.9 Å². The molecule has 1 aliphatic heterocycles. The van der Waals surface area contributed by atoms with Crippen molar-refractivity contribution in [2.24, 2.45) is 0 Å². The van der Waals surface area contributed by atoms with Crippen molar-refractivity contribution < 1.29 is 9.90 Å². The fraction of sp³-hybridized carbons (Fsp3) is 0.667. The zero-order valence-electron chi connectivity index (χ0n) is 15.1. The van der Waals surface area contributed by atoms with Crippen molar-refractivity contribution in [3.63, 3.8) is 0 Å². The highest BCUT2D eigenvalue weighted by molar-refractivity contribution is 5.74. The molecule has 2 rings (SSSR count). The second-order valence-corrected chi connectivity index (χ2v) is 6.60. The predicted molar refractivity (Wildman–Crippen MR) is 96.2 cm³/mol. The van der Waals surface area contributed by atoms with Crippen LogP contribution in [0.4, 0.5) is 10.6 Å². The first-order valence-electron chi connectivity index (χ1n) is 8.93. The zero-order valence-corrected chi connectivity index (χ0v) is 15.1. The molecule has 1 fully saturated rings. The molecule has 0 aromatic carbocycles. The number of rotatable bonds is 7. The maximum absolute atomic E-state index is 12.0. The number of hydrogen-bond donors (Lipinski definition) is 3. The Kier molecular flexibility index (Phi) is 6.43. The molecule has 0 atom stereocenters. The fourth-order valence-corrected chi connectivity index (χ4v) is 2.90. The second-order valence-electron chi connectivity index (χ2n) is 6.60. The van der Waals surface area contributed by atoms with Gasteiger partial charge in [0.05, 0.1) is 5.60 Å². The van der Waals surface area contributed by atoms with Crippen molar-refractivity contribution in [3.05, 3.63) is 23.4 Å². The third kappa shape index (κ3) is 4.84. The Labute approximate surface area is 144 Å². The maximum atomic E-state index is 12.0. The van der Waals surface area contributed by atoms with Gasteiger partial charge in [0.1, 0.15) is 5.82 Å². The molecule has 1 aliphatic rings. The lowest BCUT2D eigenvalue weighted by Gasteiger charge is -2.25. The molecule has 1 aromatic rings. The van der Waals surface area contributed by atoms with E-state index in [-0.39, 0.29) is 12.6 Å². The number of pyridine rings is 1. The molecule has 0 spiro atoms. The Morgan fingerprint density at radius 1 is 1.25 bits per heavy atom. The predicted octanol–water partition coefficient (Wildman–Crippen LogP) is 2.34. The summed E-state index contributed by atoms with van der Waals surface area (Å²) in [5.74, 6) is 0.978. The summed E-state index contributed by atoms with van der Waals surface area (Å²) >= 11 is 0. The van der Waals surface area contributed by atoms with Gasteiger partial charge >= 0.3 is 6.03 Å². The summed E-state index contributed by atoms with van der Waals surface area (Å²) in [5.41, 5.74) is 1.18. The monoisotopic (exact) mass is 334 g/mol. The van der Waals surface area contributed by atoms with E-state index in [0.29, 0.717) is 19.4 Å². The van der Waals surface area contributed by atoms with Crippen LogP contribution in [0.5, 0.6) is 0 Å². The smallest absolute Gasteiger partial charge is 0.315 e. The maximum Gasteiger partial charge on any atom is 0.315 e. The number of carbonyl (C=O) groups is 1. The Bertz CT molecular complexity index is 552. The first-order valence-corrected chi connectivity index (χ1v) is 8.93. The molecule has 0 saturated carbocycles. The van der Waals surface area contributed by atoms with Crippen LogP contribution in [0.25, 0.3) is 0 Å². The third-order valence-electron chi connectivity index (χ3n) is 4.83. The van der Waals surface area contributed by atoms with Gasteiger partial charge in [-0.05, 0) is 38.7 Å². The van der Waals surface area contributed by atoms with Crippen LogP contribution in [0.3, 0.4) is 0 Å². The molecule has 1 saturated heterocycles. The summed E-state index contributed by atoms with van der Waals surface area (Å²) < 4.78 is 0. The summed E-state index contributed by atoms with van der Waals surface area (Å²) in [6.45, 7) is 8.57. The first-order chi connectivity index (χ1) is 11.5. The average Bonchev–Trinajstić information content (AvgIpc) is 3.13. The van der Waals surface area contributed by atoms with Crippen molar-refractivity contribution in [2.75, 3.05) is 24.5 Å². The van der Waals surface area contributed by atoms with E-state index in [1.54, 1.807) is 0 Å². The Morgan fingerprint density at radius 3 is 2.54 bits per heavy atom. The van der Waals surface area contributed by atoms with Crippen molar-refractivity contribution in [1.82, 2.24) is 15.6 Å². The van der Waals surface area contributed by atoms with E-state index in [1.165, 1.54) is 12.8 Å². The molecule has 24 heavy (non-hydrogen) atoms. The van der Waals surface area contributed by atoms with Gasteiger partial charge < -0.3 is 20.6 Å². The molecule has 0 aliphatic carbocycles. The van der Waals surface area contributed by atoms with Crippen LogP contribution in [0.1, 0.15) is 50.8 Å². The van der Waals surface area contributed by atoms with Crippen LogP contribution in [0.2, 0.25) is 0 Å². The van der Waals surface area contributed by atoms with Crippen LogP contribution in [0, 0.1) is 6.92 Å². The van der Waals surface area contributed by atoms with Crippen molar-refractivity contribution in [1.29, 1.82) is 0 Å². The standard InChI is InChI=1S/C18H30N4O2/c1-4-18(24,5-2)13-20-17(23)19-12-15-9-8-14(3)21-16(15)22-10-6-7-11-22/h8-9,24H,4-7,10-13H2,1-3H3,(H2,19,20,23). The molecule has 0 bridgehead atoms. The molecular formula is C18H30N4O2. The fourth-order valence-electron chi connectivity index (χ4n) is 2.90. The minimum Gasteiger partial charge on any atom is -0.388 e. The number of carbonyl (C=O) groups excluding carboxylic acids is 1. The SMILES string of the molecule is CCC(O)(CC)CNC(=O)NCc1ccc(C)nc1N1CCCC1. The largest absolute Gasteiger partial charge is 0.388 e. The van der Waals surface area contributed by atoms with Gasteiger partial charge in [-0.25, -0.2) is 9.78 Å². The molecule has 134 valence electrons. The number of hydrogen-bond acceptors (Lipinski definition) is 4. The van der Waals surface area contributed by atoms with Gasteiger partial charge in [-0.2, -0.15) is 0 Å². The molecule has 3 N–H and O–H groups in total. The molecule has 0 radical (unpaired) electrons. The topological polar surface area (TPSA) is 77.5 Å². The van der Waals surface area contributed by atoms with Gasteiger partial charge in [0, 0.05) is 37.4 Å². The second kappa shape index (κ2) is 8.33. The quantitative estimate of drug-likeness (QED) is 0.715. The highest BCUT2D eigenvalue weighted by atomic mass is 16.3.